The van der Waals surface area contributed by atoms with Crippen molar-refractivity contribution in [2.45, 2.75) is 59.9 Å². The van der Waals surface area contributed by atoms with Gasteiger partial charge in [0.1, 0.15) is 0 Å². The lowest BCUT2D eigenvalue weighted by Crippen LogP contribution is -2.29. The minimum atomic E-state index is 0.621. The fourth-order valence-corrected chi connectivity index (χ4v) is 1.48. The lowest BCUT2D eigenvalue weighted by Gasteiger charge is -2.15. The van der Waals surface area contributed by atoms with Crippen LogP contribution in [-0.2, 0) is 4.74 Å². The second-order valence-corrected chi connectivity index (χ2v) is 5.62. The molecule has 0 aliphatic rings. The van der Waals surface area contributed by atoms with Crippen molar-refractivity contribution in [3.05, 3.63) is 0 Å². The van der Waals surface area contributed by atoms with E-state index in [1.807, 2.05) is 0 Å². The highest BCUT2D eigenvalue weighted by molar-refractivity contribution is 4.61. The van der Waals surface area contributed by atoms with Crippen molar-refractivity contribution >= 4 is 0 Å². The molecule has 0 aliphatic carbocycles. The van der Waals surface area contributed by atoms with Gasteiger partial charge in [0.05, 0.1) is 6.61 Å². The van der Waals surface area contributed by atoms with Crippen LogP contribution in [0.3, 0.4) is 0 Å². The molecule has 0 aromatic carbocycles. The Labute approximate surface area is 102 Å². The standard InChI is InChI=1S/C14H31NO/c1-12(2)6-7-14(5)15-9-11-16-10-8-13(3)4/h12-15H,6-11H2,1-5H3. The van der Waals surface area contributed by atoms with Crippen LogP contribution in [0.25, 0.3) is 0 Å². The highest BCUT2D eigenvalue weighted by Crippen LogP contribution is 2.06. The minimum absolute atomic E-state index is 0.621. The van der Waals surface area contributed by atoms with Crippen LogP contribution in [0.5, 0.6) is 0 Å². The second kappa shape index (κ2) is 10.1. The third-order valence-electron chi connectivity index (χ3n) is 2.76. The summed E-state index contributed by atoms with van der Waals surface area (Å²) >= 11 is 0. The van der Waals surface area contributed by atoms with Gasteiger partial charge in [-0.15, -0.1) is 0 Å². The summed E-state index contributed by atoms with van der Waals surface area (Å²) in [4.78, 5) is 0. The zero-order chi connectivity index (χ0) is 12.4. The fraction of sp³-hybridized carbons (Fsp3) is 1.00. The third-order valence-corrected chi connectivity index (χ3v) is 2.76. The normalized spacial score (nSPS) is 13.7. The quantitative estimate of drug-likeness (QED) is 0.579. The van der Waals surface area contributed by atoms with Gasteiger partial charge >= 0.3 is 0 Å². The van der Waals surface area contributed by atoms with Crippen molar-refractivity contribution in [1.29, 1.82) is 0 Å². The van der Waals surface area contributed by atoms with Crippen molar-refractivity contribution in [3.8, 4) is 0 Å². The average Bonchev–Trinajstić information content (AvgIpc) is 2.19. The molecule has 0 heterocycles. The lowest BCUT2D eigenvalue weighted by molar-refractivity contribution is 0.123. The Balaban J connectivity index is 3.18. The molecule has 0 rings (SSSR count). The van der Waals surface area contributed by atoms with E-state index in [0.717, 1.165) is 31.6 Å². The van der Waals surface area contributed by atoms with Crippen molar-refractivity contribution in [2.75, 3.05) is 19.8 Å². The Morgan fingerprint density at radius 2 is 1.44 bits per heavy atom. The molecule has 0 aliphatic heterocycles. The van der Waals surface area contributed by atoms with Crippen LogP contribution in [-0.4, -0.2) is 25.8 Å². The predicted molar refractivity (Wildman–Crippen MR) is 71.8 cm³/mol. The van der Waals surface area contributed by atoms with E-state index in [-0.39, 0.29) is 0 Å². The molecule has 0 saturated carbocycles. The molecule has 0 fully saturated rings. The summed E-state index contributed by atoms with van der Waals surface area (Å²) in [5.74, 6) is 1.56. The lowest BCUT2D eigenvalue weighted by atomic mass is 10.0. The van der Waals surface area contributed by atoms with Crippen LogP contribution in [0.2, 0.25) is 0 Å². The molecule has 0 aromatic heterocycles. The number of hydrogen-bond donors (Lipinski definition) is 1. The summed E-state index contributed by atoms with van der Waals surface area (Å²) < 4.78 is 5.56. The maximum atomic E-state index is 5.56. The summed E-state index contributed by atoms with van der Waals surface area (Å²) in [5.41, 5.74) is 0. The number of rotatable bonds is 10. The molecule has 98 valence electrons. The first-order valence-electron chi connectivity index (χ1n) is 6.83. The highest BCUT2D eigenvalue weighted by Gasteiger charge is 2.02. The molecule has 2 heteroatoms. The first-order valence-corrected chi connectivity index (χ1v) is 6.83. The monoisotopic (exact) mass is 229 g/mol. The zero-order valence-corrected chi connectivity index (χ0v) is 11.9. The minimum Gasteiger partial charge on any atom is -0.380 e. The Morgan fingerprint density at radius 1 is 0.812 bits per heavy atom. The summed E-state index contributed by atoms with van der Waals surface area (Å²) in [6, 6.07) is 0.621. The second-order valence-electron chi connectivity index (χ2n) is 5.62. The van der Waals surface area contributed by atoms with Gasteiger partial charge < -0.3 is 10.1 Å². The van der Waals surface area contributed by atoms with E-state index in [9.17, 15) is 0 Å². The van der Waals surface area contributed by atoms with Crippen LogP contribution >= 0.6 is 0 Å². The predicted octanol–water partition coefficient (Wildman–Crippen LogP) is 3.46. The van der Waals surface area contributed by atoms with Crippen LogP contribution < -0.4 is 5.32 Å². The topological polar surface area (TPSA) is 21.3 Å². The molecular formula is C14H31NO. The van der Waals surface area contributed by atoms with E-state index in [2.05, 4.69) is 39.9 Å². The van der Waals surface area contributed by atoms with E-state index >= 15 is 0 Å². The third kappa shape index (κ3) is 12.0. The largest absolute Gasteiger partial charge is 0.380 e. The van der Waals surface area contributed by atoms with Gasteiger partial charge in [0.2, 0.25) is 0 Å². The van der Waals surface area contributed by atoms with E-state index < -0.39 is 0 Å². The van der Waals surface area contributed by atoms with Gasteiger partial charge in [-0.2, -0.15) is 0 Å². The Bertz CT molecular complexity index is 146. The summed E-state index contributed by atoms with van der Waals surface area (Å²) in [6.45, 7) is 14.0. The van der Waals surface area contributed by atoms with Crippen LogP contribution in [0, 0.1) is 11.8 Å². The molecule has 0 saturated heterocycles. The highest BCUT2D eigenvalue weighted by atomic mass is 16.5. The molecule has 0 bridgehead atoms. The molecular weight excluding hydrogens is 198 g/mol. The first kappa shape index (κ1) is 15.9. The van der Waals surface area contributed by atoms with Gasteiger partial charge in [0, 0.05) is 19.2 Å². The SMILES string of the molecule is CC(C)CCOCCNC(C)CCC(C)C. The van der Waals surface area contributed by atoms with Gasteiger partial charge in [-0.25, -0.2) is 0 Å². The van der Waals surface area contributed by atoms with E-state index in [1.165, 1.54) is 19.3 Å². The molecule has 0 aromatic rings. The van der Waals surface area contributed by atoms with Crippen molar-refractivity contribution in [1.82, 2.24) is 5.32 Å². The van der Waals surface area contributed by atoms with Crippen molar-refractivity contribution in [2.24, 2.45) is 11.8 Å². The molecule has 2 nitrogen and oxygen atoms in total. The molecule has 1 unspecified atom stereocenters. The van der Waals surface area contributed by atoms with Gasteiger partial charge in [-0.1, -0.05) is 27.7 Å². The number of hydrogen-bond acceptors (Lipinski definition) is 2. The zero-order valence-electron chi connectivity index (χ0n) is 11.9. The molecule has 1 N–H and O–H groups in total. The maximum Gasteiger partial charge on any atom is 0.0591 e. The van der Waals surface area contributed by atoms with E-state index in [4.69, 9.17) is 4.74 Å². The van der Waals surface area contributed by atoms with Crippen LogP contribution in [0.15, 0.2) is 0 Å². The van der Waals surface area contributed by atoms with E-state index in [0.29, 0.717) is 6.04 Å². The molecule has 1 atom stereocenters. The van der Waals surface area contributed by atoms with Crippen LogP contribution in [0.4, 0.5) is 0 Å². The number of ether oxygens (including phenoxy) is 1. The molecule has 0 amide bonds. The Kier molecular flexibility index (Phi) is 10.0. The molecule has 16 heavy (non-hydrogen) atoms. The summed E-state index contributed by atoms with van der Waals surface area (Å²) in [7, 11) is 0. The van der Waals surface area contributed by atoms with Gasteiger partial charge in [-0.05, 0) is 38.0 Å². The molecule has 0 spiro atoms. The van der Waals surface area contributed by atoms with E-state index in [1.54, 1.807) is 0 Å². The average molecular weight is 229 g/mol. The maximum absolute atomic E-state index is 5.56. The van der Waals surface area contributed by atoms with Gasteiger partial charge in [0.25, 0.3) is 0 Å². The van der Waals surface area contributed by atoms with Crippen molar-refractivity contribution < 1.29 is 4.74 Å². The summed E-state index contributed by atoms with van der Waals surface area (Å²) in [5, 5.41) is 3.50. The summed E-state index contributed by atoms with van der Waals surface area (Å²) in [6.07, 6.45) is 3.74. The fourth-order valence-electron chi connectivity index (χ4n) is 1.48. The van der Waals surface area contributed by atoms with Gasteiger partial charge in [0.15, 0.2) is 0 Å². The molecule has 0 radical (unpaired) electrons. The Hall–Kier alpha value is -0.0800. The van der Waals surface area contributed by atoms with Crippen LogP contribution in [0.1, 0.15) is 53.9 Å². The van der Waals surface area contributed by atoms with Gasteiger partial charge in [-0.3, -0.25) is 0 Å². The van der Waals surface area contributed by atoms with Crippen molar-refractivity contribution in [3.63, 3.8) is 0 Å². The number of nitrogens with one attached hydrogen (secondary N) is 1. The Morgan fingerprint density at radius 3 is 2.00 bits per heavy atom. The first-order chi connectivity index (χ1) is 7.52. The smallest absolute Gasteiger partial charge is 0.0591 e.